The van der Waals surface area contributed by atoms with Gasteiger partial charge in [0.05, 0.1) is 18.7 Å². The molecule has 1 aliphatic heterocycles. The monoisotopic (exact) mass is 282 g/mol. The third-order valence-electron chi connectivity index (χ3n) is 3.97. The van der Waals surface area contributed by atoms with E-state index in [1.807, 2.05) is 10.9 Å². The van der Waals surface area contributed by atoms with E-state index in [0.717, 1.165) is 0 Å². The predicted molar refractivity (Wildman–Crippen MR) is 78.8 cm³/mol. The Bertz CT molecular complexity index is 648. The lowest BCUT2D eigenvalue weighted by atomic mass is 9.87. The topological polar surface area (TPSA) is 70.6 Å². The molecule has 6 heteroatoms. The Morgan fingerprint density at radius 1 is 1.33 bits per heavy atom. The van der Waals surface area contributed by atoms with Gasteiger partial charge in [-0.05, 0) is 17.5 Å². The first-order valence-corrected chi connectivity index (χ1v) is 7.08. The van der Waals surface area contributed by atoms with Crippen molar-refractivity contribution in [2.75, 3.05) is 18.0 Å². The average Bonchev–Trinajstić information content (AvgIpc) is 2.93. The maximum absolute atomic E-state index is 9.16. The molecule has 2 aromatic rings. The molecule has 0 amide bonds. The third kappa shape index (κ3) is 2.35. The molecule has 0 aromatic carbocycles. The molecule has 6 nitrogen and oxygen atoms in total. The zero-order valence-electron chi connectivity index (χ0n) is 12.3. The van der Waals surface area contributed by atoms with Gasteiger partial charge in [-0.2, -0.15) is 10.4 Å². The molecule has 1 fully saturated rings. The number of hydrogen-bond donors (Lipinski definition) is 0. The summed E-state index contributed by atoms with van der Waals surface area (Å²) in [7, 11) is 0. The van der Waals surface area contributed by atoms with E-state index < -0.39 is 0 Å². The lowest BCUT2D eigenvalue weighted by Gasteiger charge is -2.48. The van der Waals surface area contributed by atoms with Crippen LogP contribution in [0.15, 0.2) is 30.9 Å². The van der Waals surface area contributed by atoms with Crippen molar-refractivity contribution in [2.24, 2.45) is 0 Å². The van der Waals surface area contributed by atoms with Crippen LogP contribution in [0.25, 0.3) is 0 Å². The molecule has 108 valence electrons. The van der Waals surface area contributed by atoms with Crippen LogP contribution in [0.5, 0.6) is 0 Å². The van der Waals surface area contributed by atoms with Crippen LogP contribution in [0.3, 0.4) is 0 Å². The number of rotatable bonds is 4. The van der Waals surface area contributed by atoms with Gasteiger partial charge in [-0.15, -0.1) is 0 Å². The van der Waals surface area contributed by atoms with Gasteiger partial charge in [0.15, 0.2) is 0 Å². The van der Waals surface area contributed by atoms with E-state index in [1.54, 1.807) is 18.5 Å². The Kier molecular flexibility index (Phi) is 3.34. The van der Waals surface area contributed by atoms with Crippen molar-refractivity contribution in [2.45, 2.75) is 31.7 Å². The van der Waals surface area contributed by atoms with Gasteiger partial charge < -0.3 is 4.90 Å². The van der Waals surface area contributed by atoms with Gasteiger partial charge >= 0.3 is 0 Å². The maximum Gasteiger partial charge on any atom is 0.225 e. The van der Waals surface area contributed by atoms with E-state index in [4.69, 9.17) is 5.26 Å². The fourth-order valence-corrected chi connectivity index (χ4v) is 2.64. The van der Waals surface area contributed by atoms with Crippen LogP contribution in [0.2, 0.25) is 0 Å². The fourth-order valence-electron chi connectivity index (χ4n) is 2.64. The van der Waals surface area contributed by atoms with Crippen LogP contribution < -0.4 is 4.90 Å². The molecule has 0 radical (unpaired) electrons. The summed E-state index contributed by atoms with van der Waals surface area (Å²) in [6.45, 7) is 5.71. The predicted octanol–water partition coefficient (Wildman–Crippen LogP) is 1.93. The van der Waals surface area contributed by atoms with Crippen molar-refractivity contribution in [3.05, 3.63) is 36.4 Å². The van der Waals surface area contributed by atoms with E-state index in [0.29, 0.717) is 31.4 Å². The summed E-state index contributed by atoms with van der Waals surface area (Å²) in [6, 6.07) is 4.09. The van der Waals surface area contributed by atoms with Crippen LogP contribution >= 0.6 is 0 Å². The third-order valence-corrected chi connectivity index (χ3v) is 3.97. The maximum atomic E-state index is 9.16. The molecular weight excluding hydrogens is 264 g/mol. The van der Waals surface area contributed by atoms with Crippen LogP contribution in [-0.4, -0.2) is 32.8 Å². The van der Waals surface area contributed by atoms with Crippen LogP contribution in [-0.2, 0) is 5.54 Å². The van der Waals surface area contributed by atoms with Crippen molar-refractivity contribution in [1.82, 2.24) is 19.7 Å². The molecule has 0 bridgehead atoms. The van der Waals surface area contributed by atoms with Gasteiger partial charge in [0, 0.05) is 31.7 Å². The zero-order chi connectivity index (χ0) is 14.9. The van der Waals surface area contributed by atoms with E-state index in [1.165, 1.54) is 5.56 Å². The molecule has 3 heterocycles. The minimum Gasteiger partial charge on any atom is -0.336 e. The second-order valence-corrected chi connectivity index (χ2v) is 5.84. The molecule has 0 N–H and O–H groups in total. The first-order valence-electron chi connectivity index (χ1n) is 7.08. The molecule has 0 spiro atoms. The van der Waals surface area contributed by atoms with Crippen molar-refractivity contribution in [3.63, 3.8) is 0 Å². The molecule has 0 aliphatic carbocycles. The minimum atomic E-state index is -0.263. The SMILES string of the molecule is CC(C)c1cnn(C2(CC#N)CN(c3ncccn3)C2)c1. The Morgan fingerprint density at radius 2 is 2.05 bits per heavy atom. The summed E-state index contributed by atoms with van der Waals surface area (Å²) in [5.41, 5.74) is 0.933. The van der Waals surface area contributed by atoms with Crippen molar-refractivity contribution in [1.29, 1.82) is 5.26 Å². The van der Waals surface area contributed by atoms with Gasteiger partial charge in [-0.1, -0.05) is 13.8 Å². The second-order valence-electron chi connectivity index (χ2n) is 5.84. The highest BCUT2D eigenvalue weighted by Gasteiger charge is 2.46. The quantitative estimate of drug-likeness (QED) is 0.857. The summed E-state index contributed by atoms with van der Waals surface area (Å²) >= 11 is 0. The molecule has 2 aromatic heterocycles. The Labute approximate surface area is 124 Å². The number of hydrogen-bond acceptors (Lipinski definition) is 5. The van der Waals surface area contributed by atoms with Gasteiger partial charge in [0.25, 0.3) is 0 Å². The average molecular weight is 282 g/mol. The summed E-state index contributed by atoms with van der Waals surface area (Å²) in [6.07, 6.45) is 7.86. The normalized spacial score (nSPS) is 16.6. The first kappa shape index (κ1) is 13.6. The van der Waals surface area contributed by atoms with Gasteiger partial charge in [0.1, 0.15) is 5.54 Å². The van der Waals surface area contributed by atoms with E-state index in [2.05, 4.69) is 46.1 Å². The smallest absolute Gasteiger partial charge is 0.225 e. The highest BCUT2D eigenvalue weighted by molar-refractivity contribution is 5.37. The zero-order valence-corrected chi connectivity index (χ0v) is 12.3. The van der Waals surface area contributed by atoms with Crippen molar-refractivity contribution in [3.8, 4) is 6.07 Å². The second kappa shape index (κ2) is 5.17. The van der Waals surface area contributed by atoms with Crippen molar-refractivity contribution < 1.29 is 0 Å². The van der Waals surface area contributed by atoms with Crippen LogP contribution in [0.1, 0.15) is 31.7 Å². The molecule has 3 rings (SSSR count). The summed E-state index contributed by atoms with van der Waals surface area (Å²) in [4.78, 5) is 10.6. The molecule has 0 unspecified atom stereocenters. The van der Waals surface area contributed by atoms with Gasteiger partial charge in [-0.25, -0.2) is 9.97 Å². The van der Waals surface area contributed by atoms with E-state index in [-0.39, 0.29) is 5.54 Å². The molecule has 1 aliphatic rings. The Morgan fingerprint density at radius 3 is 2.62 bits per heavy atom. The lowest BCUT2D eigenvalue weighted by molar-refractivity contribution is 0.196. The molecule has 1 saturated heterocycles. The minimum absolute atomic E-state index is 0.263. The van der Waals surface area contributed by atoms with Crippen LogP contribution in [0, 0.1) is 11.3 Å². The Hall–Kier alpha value is -2.42. The molecule has 21 heavy (non-hydrogen) atoms. The van der Waals surface area contributed by atoms with Crippen LogP contribution in [0.4, 0.5) is 5.95 Å². The summed E-state index contributed by atoms with van der Waals surface area (Å²) in [5.74, 6) is 1.15. The number of anilines is 1. The largest absolute Gasteiger partial charge is 0.336 e. The fraction of sp³-hybridized carbons (Fsp3) is 0.467. The van der Waals surface area contributed by atoms with E-state index in [9.17, 15) is 0 Å². The number of aromatic nitrogens is 4. The summed E-state index contributed by atoms with van der Waals surface area (Å²) < 4.78 is 1.95. The van der Waals surface area contributed by atoms with Crippen molar-refractivity contribution >= 4 is 5.95 Å². The Balaban J connectivity index is 1.82. The molecule has 0 atom stereocenters. The highest BCUT2D eigenvalue weighted by atomic mass is 15.4. The number of nitrogens with zero attached hydrogens (tertiary/aromatic N) is 6. The standard InChI is InChI=1S/C15H18N6/c1-12(2)13-8-19-21(9-13)15(4-5-16)10-20(11-15)14-17-6-3-7-18-14/h3,6-9,12H,4,10-11H2,1-2H3. The highest BCUT2D eigenvalue weighted by Crippen LogP contribution is 2.34. The van der Waals surface area contributed by atoms with E-state index >= 15 is 0 Å². The summed E-state index contributed by atoms with van der Waals surface area (Å²) in [5, 5.41) is 13.6. The molecular formula is C15H18N6. The first-order chi connectivity index (χ1) is 10.1. The van der Waals surface area contributed by atoms with Gasteiger partial charge in [-0.3, -0.25) is 4.68 Å². The lowest BCUT2D eigenvalue weighted by Crippen LogP contribution is -2.63. The molecule has 0 saturated carbocycles. The number of nitriles is 1. The van der Waals surface area contributed by atoms with Gasteiger partial charge in [0.2, 0.25) is 5.95 Å².